The first-order chi connectivity index (χ1) is 14.7. The van der Waals surface area contributed by atoms with Crippen molar-refractivity contribution < 1.29 is 13.6 Å². The highest BCUT2D eigenvalue weighted by Gasteiger charge is 2.31. The number of hydrogen-bond acceptors (Lipinski definition) is 3. The van der Waals surface area contributed by atoms with Crippen molar-refractivity contribution in [2.24, 2.45) is 4.76 Å². The van der Waals surface area contributed by atoms with Gasteiger partial charge in [-0.1, -0.05) is 66.7 Å². The fourth-order valence-electron chi connectivity index (χ4n) is 3.39. The zero-order valence-corrected chi connectivity index (χ0v) is 17.7. The molecule has 1 aliphatic rings. The van der Waals surface area contributed by atoms with Gasteiger partial charge in [0.1, 0.15) is 17.3 Å². The number of amidine groups is 1. The predicted molar refractivity (Wildman–Crippen MR) is 120 cm³/mol. The molecule has 0 radical (unpaired) electrons. The summed E-state index contributed by atoms with van der Waals surface area (Å²) in [5.74, 6) is 1.65. The van der Waals surface area contributed by atoms with Gasteiger partial charge in [0.25, 0.3) is 0 Å². The summed E-state index contributed by atoms with van der Waals surface area (Å²) < 4.78 is 30.2. The molecule has 1 heterocycles. The molecule has 0 bridgehead atoms. The monoisotopic (exact) mass is 420 g/mol. The highest BCUT2D eigenvalue weighted by atomic mass is 31.2. The van der Waals surface area contributed by atoms with Gasteiger partial charge in [0, 0.05) is 19.5 Å². The van der Waals surface area contributed by atoms with E-state index in [4.69, 9.17) is 9.05 Å². The standard InChI is InChI=1S/C24H25N2O3P/c27-30(28-22-14-6-2-7-15-22,29-23-16-8-3-9-17-23)25-24(26-18-10-11-19-26)20-21-12-4-1-5-13-21/h1-9,12-17H,10-11,18-20H2. The molecule has 5 nitrogen and oxygen atoms in total. The normalized spacial score (nSPS) is 14.5. The summed E-state index contributed by atoms with van der Waals surface area (Å²) in [6.07, 6.45) is 2.76. The van der Waals surface area contributed by atoms with Crippen molar-refractivity contribution in [1.82, 2.24) is 4.90 Å². The smallest absolute Gasteiger partial charge is 0.399 e. The average molecular weight is 420 g/mol. The summed E-state index contributed by atoms with van der Waals surface area (Å²) in [7, 11) is -3.86. The fraction of sp³-hybridized carbons (Fsp3) is 0.208. The number of likely N-dealkylation sites (tertiary alicyclic amines) is 1. The Morgan fingerprint density at radius 1 is 0.767 bits per heavy atom. The molecule has 0 saturated carbocycles. The molecule has 3 aromatic carbocycles. The maximum Gasteiger partial charge on any atom is 0.564 e. The Bertz CT molecular complexity index is 959. The SMILES string of the molecule is O=P(N=C(Cc1ccccc1)N1CCCC1)(Oc1ccccc1)Oc1ccccc1. The largest absolute Gasteiger partial charge is 0.564 e. The van der Waals surface area contributed by atoms with Gasteiger partial charge in [0.15, 0.2) is 0 Å². The van der Waals surface area contributed by atoms with Crippen molar-refractivity contribution in [3.63, 3.8) is 0 Å². The minimum Gasteiger partial charge on any atom is -0.399 e. The second-order valence-corrected chi connectivity index (χ2v) is 8.65. The number of para-hydroxylation sites is 2. The second-order valence-electron chi connectivity index (χ2n) is 7.15. The molecule has 6 heteroatoms. The first-order valence-corrected chi connectivity index (χ1v) is 11.7. The Hall–Kier alpha value is -3.04. The summed E-state index contributed by atoms with van der Waals surface area (Å²) in [5.41, 5.74) is 1.11. The molecule has 0 aliphatic carbocycles. The van der Waals surface area contributed by atoms with E-state index in [1.54, 1.807) is 24.3 Å². The van der Waals surface area contributed by atoms with E-state index in [9.17, 15) is 4.57 Å². The Balaban J connectivity index is 1.70. The summed E-state index contributed by atoms with van der Waals surface area (Å²) in [6.45, 7) is 1.78. The van der Waals surface area contributed by atoms with Crippen LogP contribution in [0.15, 0.2) is 95.8 Å². The quantitative estimate of drug-likeness (QED) is 0.268. The molecule has 1 aliphatic heterocycles. The first kappa shape index (κ1) is 20.2. The van der Waals surface area contributed by atoms with Crippen molar-refractivity contribution in [3.05, 3.63) is 96.6 Å². The number of nitrogens with zero attached hydrogens (tertiary/aromatic N) is 2. The van der Waals surface area contributed by atoms with E-state index in [1.165, 1.54) is 0 Å². The summed E-state index contributed by atoms with van der Waals surface area (Å²) in [5, 5.41) is 0. The fourth-order valence-corrected chi connectivity index (χ4v) is 4.77. The van der Waals surface area contributed by atoms with Gasteiger partial charge in [0.2, 0.25) is 0 Å². The Labute approximate surface area is 177 Å². The van der Waals surface area contributed by atoms with Crippen molar-refractivity contribution in [1.29, 1.82) is 0 Å². The van der Waals surface area contributed by atoms with E-state index in [0.29, 0.717) is 17.9 Å². The third-order valence-electron chi connectivity index (χ3n) is 4.84. The molecule has 154 valence electrons. The summed E-state index contributed by atoms with van der Waals surface area (Å²) in [4.78, 5) is 2.18. The third-order valence-corrected chi connectivity index (χ3v) is 6.20. The molecule has 0 aromatic heterocycles. The van der Waals surface area contributed by atoms with E-state index in [1.807, 2.05) is 66.7 Å². The molecule has 4 rings (SSSR count). The van der Waals surface area contributed by atoms with Crippen LogP contribution in [0, 0.1) is 0 Å². The van der Waals surface area contributed by atoms with Crippen LogP contribution in [0.5, 0.6) is 11.5 Å². The Kier molecular flexibility index (Phi) is 6.50. The lowest BCUT2D eigenvalue weighted by molar-refractivity contribution is 0.386. The zero-order valence-electron chi connectivity index (χ0n) is 16.8. The lowest BCUT2D eigenvalue weighted by Gasteiger charge is -2.23. The second kappa shape index (κ2) is 9.64. The van der Waals surface area contributed by atoms with Gasteiger partial charge in [-0.2, -0.15) is 0 Å². The molecule has 3 aromatic rings. The Morgan fingerprint density at radius 2 is 1.23 bits per heavy atom. The zero-order chi connectivity index (χ0) is 20.7. The topological polar surface area (TPSA) is 51.1 Å². The predicted octanol–water partition coefficient (Wildman–Crippen LogP) is 5.99. The van der Waals surface area contributed by atoms with Crippen LogP contribution in [0.25, 0.3) is 0 Å². The van der Waals surface area contributed by atoms with Gasteiger partial charge in [-0.3, -0.25) is 0 Å². The average Bonchev–Trinajstić information content (AvgIpc) is 3.30. The molecular weight excluding hydrogens is 395 g/mol. The third kappa shape index (κ3) is 5.52. The van der Waals surface area contributed by atoms with Crippen molar-refractivity contribution in [3.8, 4) is 11.5 Å². The van der Waals surface area contributed by atoms with Crippen LogP contribution in [0.1, 0.15) is 18.4 Å². The van der Waals surface area contributed by atoms with Gasteiger partial charge in [0.05, 0.1) is 0 Å². The van der Waals surface area contributed by atoms with Crippen LogP contribution < -0.4 is 9.05 Å². The van der Waals surface area contributed by atoms with Gasteiger partial charge >= 0.3 is 7.75 Å². The highest BCUT2D eigenvalue weighted by Crippen LogP contribution is 2.50. The minimum atomic E-state index is -3.86. The molecule has 0 N–H and O–H groups in total. The first-order valence-electron chi connectivity index (χ1n) is 10.2. The Morgan fingerprint density at radius 3 is 1.73 bits per heavy atom. The molecule has 1 fully saturated rings. The van der Waals surface area contributed by atoms with Crippen LogP contribution in [0.4, 0.5) is 0 Å². The van der Waals surface area contributed by atoms with E-state index in [-0.39, 0.29) is 0 Å². The number of rotatable bonds is 7. The van der Waals surface area contributed by atoms with Crippen LogP contribution >= 0.6 is 7.75 Å². The van der Waals surface area contributed by atoms with Gasteiger partial charge in [-0.25, -0.2) is 4.57 Å². The van der Waals surface area contributed by atoms with E-state index < -0.39 is 7.75 Å². The van der Waals surface area contributed by atoms with Gasteiger partial charge in [-0.15, -0.1) is 4.76 Å². The van der Waals surface area contributed by atoms with Crippen molar-refractivity contribution >= 4 is 13.6 Å². The molecule has 0 unspecified atom stereocenters. The molecule has 0 spiro atoms. The maximum atomic E-state index is 13.9. The van der Waals surface area contributed by atoms with Crippen molar-refractivity contribution in [2.75, 3.05) is 13.1 Å². The minimum absolute atomic E-state index is 0.459. The molecule has 0 amide bonds. The van der Waals surface area contributed by atoms with E-state index >= 15 is 0 Å². The maximum absolute atomic E-state index is 13.9. The van der Waals surface area contributed by atoms with Crippen LogP contribution in [-0.4, -0.2) is 23.8 Å². The van der Waals surface area contributed by atoms with Crippen LogP contribution in [0.2, 0.25) is 0 Å². The molecule has 1 saturated heterocycles. The summed E-state index contributed by atoms with van der Waals surface area (Å²) in [6, 6.07) is 28.2. The molecule has 0 atom stereocenters. The highest BCUT2D eigenvalue weighted by molar-refractivity contribution is 7.53. The van der Waals surface area contributed by atoms with E-state index in [0.717, 1.165) is 37.3 Å². The van der Waals surface area contributed by atoms with Gasteiger partial charge in [-0.05, 0) is 42.7 Å². The van der Waals surface area contributed by atoms with Crippen molar-refractivity contribution in [2.45, 2.75) is 19.3 Å². The van der Waals surface area contributed by atoms with Crippen LogP contribution in [-0.2, 0) is 11.0 Å². The number of benzene rings is 3. The van der Waals surface area contributed by atoms with Crippen LogP contribution in [0.3, 0.4) is 0 Å². The number of hydrogen-bond donors (Lipinski definition) is 0. The van der Waals surface area contributed by atoms with Gasteiger partial charge < -0.3 is 13.9 Å². The lowest BCUT2D eigenvalue weighted by Crippen LogP contribution is -2.30. The summed E-state index contributed by atoms with van der Waals surface area (Å²) >= 11 is 0. The molecule has 30 heavy (non-hydrogen) atoms. The lowest BCUT2D eigenvalue weighted by atomic mass is 10.1. The molecular formula is C24H25N2O3P. The van der Waals surface area contributed by atoms with E-state index in [2.05, 4.69) is 9.66 Å².